The van der Waals surface area contributed by atoms with Crippen LogP contribution >= 0.6 is 0 Å². The number of benzene rings is 2. The number of aliphatic hydroxyl groups is 1. The van der Waals surface area contributed by atoms with Crippen LogP contribution in [0.25, 0.3) is 10.9 Å². The van der Waals surface area contributed by atoms with E-state index < -0.39 is 0 Å². The molecule has 128 valence electrons. The van der Waals surface area contributed by atoms with E-state index in [2.05, 4.69) is 30.1 Å². The lowest BCUT2D eigenvalue weighted by Crippen LogP contribution is -2.42. The van der Waals surface area contributed by atoms with E-state index in [1.54, 1.807) is 0 Å². The summed E-state index contributed by atoms with van der Waals surface area (Å²) in [6, 6.07) is 14.0. The van der Waals surface area contributed by atoms with Crippen LogP contribution in [0.4, 0.5) is 0 Å². The van der Waals surface area contributed by atoms with E-state index in [4.69, 9.17) is 0 Å². The average molecular weight is 334 g/mol. The molecule has 0 radical (unpaired) electrons. The Kier molecular flexibility index (Phi) is 4.06. The number of aliphatic hydroxyl groups excluding tert-OH is 1. The van der Waals surface area contributed by atoms with Gasteiger partial charge in [0, 0.05) is 23.6 Å². The van der Waals surface area contributed by atoms with Crippen molar-refractivity contribution in [3.8, 4) is 0 Å². The van der Waals surface area contributed by atoms with Gasteiger partial charge in [-0.25, -0.2) is 0 Å². The molecule has 2 N–H and O–H groups in total. The van der Waals surface area contributed by atoms with Crippen molar-refractivity contribution in [2.75, 3.05) is 13.2 Å². The van der Waals surface area contributed by atoms with Crippen molar-refractivity contribution < 1.29 is 9.90 Å². The molecule has 3 aromatic rings. The van der Waals surface area contributed by atoms with Crippen molar-refractivity contribution >= 4 is 16.8 Å². The molecule has 1 aliphatic heterocycles. The molecule has 0 bridgehead atoms. The minimum absolute atomic E-state index is 0.0459. The van der Waals surface area contributed by atoms with Gasteiger partial charge in [-0.3, -0.25) is 4.79 Å². The van der Waals surface area contributed by atoms with E-state index in [-0.39, 0.29) is 18.6 Å². The van der Waals surface area contributed by atoms with Crippen LogP contribution in [0.15, 0.2) is 48.7 Å². The summed E-state index contributed by atoms with van der Waals surface area (Å²) in [6.45, 7) is 2.67. The molecule has 2 heterocycles. The average Bonchev–Trinajstić information content (AvgIpc) is 3.05. The summed E-state index contributed by atoms with van der Waals surface area (Å²) in [4.78, 5) is 18.1. The fourth-order valence-corrected chi connectivity index (χ4v) is 3.92. The number of hydrogen-bond donors (Lipinski definition) is 2. The summed E-state index contributed by atoms with van der Waals surface area (Å²) in [5.41, 5.74) is 5.58. The molecule has 0 fully saturated rings. The van der Waals surface area contributed by atoms with Gasteiger partial charge in [-0.1, -0.05) is 42.5 Å². The molecule has 4 nitrogen and oxygen atoms in total. The van der Waals surface area contributed by atoms with E-state index >= 15 is 0 Å². The number of amides is 1. The third-order valence-corrected chi connectivity index (χ3v) is 5.26. The summed E-state index contributed by atoms with van der Waals surface area (Å²) in [5, 5.41) is 11.0. The van der Waals surface area contributed by atoms with Gasteiger partial charge in [0.15, 0.2) is 0 Å². The van der Waals surface area contributed by atoms with Gasteiger partial charge in [-0.15, -0.1) is 0 Å². The largest absolute Gasteiger partial charge is 0.394 e. The van der Waals surface area contributed by atoms with E-state index in [1.165, 1.54) is 11.1 Å². The quantitative estimate of drug-likeness (QED) is 0.773. The number of rotatable bonds is 3. The number of carbonyl (C=O) groups excluding carboxylic acids is 1. The zero-order valence-electron chi connectivity index (χ0n) is 14.3. The van der Waals surface area contributed by atoms with Crippen LogP contribution in [0.3, 0.4) is 0 Å². The van der Waals surface area contributed by atoms with Crippen LogP contribution in [-0.4, -0.2) is 34.0 Å². The number of carbonyl (C=O) groups is 1. The molecule has 0 aliphatic carbocycles. The smallest absolute Gasteiger partial charge is 0.227 e. The highest BCUT2D eigenvalue weighted by Crippen LogP contribution is 2.30. The summed E-state index contributed by atoms with van der Waals surface area (Å²) in [6.07, 6.45) is 3.12. The molecule has 1 amide bonds. The van der Waals surface area contributed by atoms with Gasteiger partial charge in [-0.2, -0.15) is 0 Å². The maximum absolute atomic E-state index is 13.0. The first-order valence-corrected chi connectivity index (χ1v) is 8.72. The van der Waals surface area contributed by atoms with Gasteiger partial charge in [0.25, 0.3) is 0 Å². The Hall–Kier alpha value is -2.59. The van der Waals surface area contributed by atoms with Crippen LogP contribution in [0.1, 0.15) is 28.3 Å². The molecular weight excluding hydrogens is 312 g/mol. The minimum atomic E-state index is -0.246. The first kappa shape index (κ1) is 15.9. The maximum Gasteiger partial charge on any atom is 0.227 e. The Labute approximate surface area is 147 Å². The fourth-order valence-electron chi connectivity index (χ4n) is 3.92. The number of aryl methyl sites for hydroxylation is 1. The topological polar surface area (TPSA) is 56.3 Å². The Balaban J connectivity index is 1.61. The molecule has 4 heteroatoms. The summed E-state index contributed by atoms with van der Waals surface area (Å²) >= 11 is 0. The Morgan fingerprint density at radius 1 is 1.24 bits per heavy atom. The summed E-state index contributed by atoms with van der Waals surface area (Å²) in [5.74, 6) is 0.0657. The first-order valence-electron chi connectivity index (χ1n) is 8.72. The molecule has 1 aliphatic rings. The highest BCUT2D eigenvalue weighted by atomic mass is 16.3. The Bertz CT molecular complexity index is 929. The molecule has 0 spiro atoms. The van der Waals surface area contributed by atoms with Crippen LogP contribution in [0.5, 0.6) is 0 Å². The van der Waals surface area contributed by atoms with Gasteiger partial charge in [0.1, 0.15) is 0 Å². The lowest BCUT2D eigenvalue weighted by Gasteiger charge is -2.36. The molecular formula is C21H22N2O2. The Morgan fingerprint density at radius 2 is 2.08 bits per heavy atom. The van der Waals surface area contributed by atoms with E-state index in [9.17, 15) is 9.90 Å². The SMILES string of the molecule is Cc1cccc2c(CC(=O)N3CCc4ccccc4[C@@H]3CO)c[nH]c12. The zero-order chi connectivity index (χ0) is 17.4. The second-order valence-corrected chi connectivity index (χ2v) is 6.72. The van der Waals surface area contributed by atoms with Gasteiger partial charge < -0.3 is 15.0 Å². The number of para-hydroxylation sites is 1. The molecule has 1 aromatic heterocycles. The predicted molar refractivity (Wildman–Crippen MR) is 98.4 cm³/mol. The molecule has 0 saturated heterocycles. The van der Waals surface area contributed by atoms with E-state index in [1.807, 2.05) is 35.4 Å². The molecule has 4 rings (SSSR count). The monoisotopic (exact) mass is 334 g/mol. The lowest BCUT2D eigenvalue weighted by atomic mass is 9.92. The fraction of sp³-hybridized carbons (Fsp3) is 0.286. The van der Waals surface area contributed by atoms with E-state index in [0.29, 0.717) is 13.0 Å². The summed E-state index contributed by atoms with van der Waals surface area (Å²) in [7, 11) is 0. The van der Waals surface area contributed by atoms with Crippen LogP contribution in [-0.2, 0) is 17.6 Å². The van der Waals surface area contributed by atoms with Gasteiger partial charge in [0.05, 0.1) is 19.1 Å². The van der Waals surface area contributed by atoms with Crippen molar-refractivity contribution in [2.24, 2.45) is 0 Å². The second kappa shape index (κ2) is 6.37. The third kappa shape index (κ3) is 2.72. The number of aromatic nitrogens is 1. The van der Waals surface area contributed by atoms with Crippen LogP contribution in [0, 0.1) is 6.92 Å². The first-order chi connectivity index (χ1) is 12.2. The molecule has 0 saturated carbocycles. The molecule has 1 atom stereocenters. The van der Waals surface area contributed by atoms with Crippen molar-refractivity contribution in [2.45, 2.75) is 25.8 Å². The van der Waals surface area contributed by atoms with Gasteiger partial charge in [0.2, 0.25) is 5.91 Å². The van der Waals surface area contributed by atoms with Gasteiger partial charge in [-0.05, 0) is 35.6 Å². The third-order valence-electron chi connectivity index (χ3n) is 5.26. The van der Waals surface area contributed by atoms with Crippen LogP contribution < -0.4 is 0 Å². The van der Waals surface area contributed by atoms with Crippen LogP contribution in [0.2, 0.25) is 0 Å². The standard InChI is InChI=1S/C21H22N2O2/c1-14-5-4-8-18-16(12-22-21(14)18)11-20(25)23-10-9-15-6-2-3-7-17(15)19(23)13-24/h2-8,12,19,22,24H,9-11,13H2,1H3/t19-/m0/s1. The van der Waals surface area contributed by atoms with Crippen molar-refractivity contribution in [1.29, 1.82) is 0 Å². The number of fused-ring (bicyclic) bond motifs is 2. The molecule has 0 unspecified atom stereocenters. The Morgan fingerprint density at radius 3 is 2.92 bits per heavy atom. The highest BCUT2D eigenvalue weighted by Gasteiger charge is 2.30. The number of nitrogens with one attached hydrogen (secondary N) is 1. The van der Waals surface area contributed by atoms with Crippen molar-refractivity contribution in [3.63, 3.8) is 0 Å². The normalized spacial score (nSPS) is 16.9. The van der Waals surface area contributed by atoms with E-state index in [0.717, 1.165) is 28.5 Å². The predicted octanol–water partition coefficient (Wildman–Crippen LogP) is 3.14. The molecule has 2 aromatic carbocycles. The number of hydrogen-bond acceptors (Lipinski definition) is 2. The number of aromatic amines is 1. The number of nitrogens with zero attached hydrogens (tertiary/aromatic N) is 1. The molecule has 25 heavy (non-hydrogen) atoms. The second-order valence-electron chi connectivity index (χ2n) is 6.72. The van der Waals surface area contributed by atoms with Gasteiger partial charge >= 0.3 is 0 Å². The van der Waals surface area contributed by atoms with Crippen molar-refractivity contribution in [1.82, 2.24) is 9.88 Å². The maximum atomic E-state index is 13.0. The lowest BCUT2D eigenvalue weighted by molar-refractivity contribution is -0.134. The van der Waals surface area contributed by atoms with Crippen molar-refractivity contribution in [3.05, 3.63) is 70.9 Å². The minimum Gasteiger partial charge on any atom is -0.394 e. The highest BCUT2D eigenvalue weighted by molar-refractivity contribution is 5.90. The summed E-state index contributed by atoms with van der Waals surface area (Å²) < 4.78 is 0. The number of H-pyrrole nitrogens is 1. The zero-order valence-corrected chi connectivity index (χ0v) is 14.3.